The number of hydrogen-bond donors (Lipinski definition) is 4. The fourth-order valence-corrected chi connectivity index (χ4v) is 7.10. The first-order valence-electron chi connectivity index (χ1n) is 18.5. The summed E-state index contributed by atoms with van der Waals surface area (Å²) in [6.45, 7) is 8.39. The Hall–Kier alpha value is -5.87. The number of imidazole rings is 2. The fourth-order valence-electron chi connectivity index (χ4n) is 7.10. The van der Waals surface area contributed by atoms with Crippen molar-refractivity contribution in [2.24, 2.45) is 11.8 Å². The third-order valence-corrected chi connectivity index (χ3v) is 10.1. The smallest absolute Gasteiger partial charge is 0.407 e. The number of nitrogens with zero attached hydrogens (tertiary/aromatic N) is 6. The molecule has 0 bridgehead atoms. The molecule has 4 amide bonds. The van der Waals surface area contributed by atoms with Crippen molar-refractivity contribution in [1.29, 1.82) is 0 Å². The van der Waals surface area contributed by atoms with Gasteiger partial charge < -0.3 is 39.9 Å². The summed E-state index contributed by atoms with van der Waals surface area (Å²) in [5.41, 5.74) is 2.54. The van der Waals surface area contributed by atoms with Gasteiger partial charge in [0.1, 0.15) is 23.5 Å². The van der Waals surface area contributed by atoms with Gasteiger partial charge in [0, 0.05) is 49.2 Å². The molecule has 17 heteroatoms. The maximum absolute atomic E-state index is 15.6. The normalized spacial score (nSPS) is 18.1. The number of methoxy groups -OCH3 is 1. The van der Waals surface area contributed by atoms with E-state index < -0.39 is 30.1 Å². The molecule has 6 rings (SSSR count). The zero-order valence-corrected chi connectivity index (χ0v) is 31.8. The van der Waals surface area contributed by atoms with Crippen molar-refractivity contribution in [3.8, 4) is 33.9 Å². The molecule has 16 nitrogen and oxygen atoms in total. The van der Waals surface area contributed by atoms with Crippen LogP contribution in [0.5, 0.6) is 0 Å². The molecule has 4 atom stereocenters. The van der Waals surface area contributed by atoms with Gasteiger partial charge in [-0.2, -0.15) is 0 Å². The molecule has 5 heterocycles. The minimum absolute atomic E-state index is 0.145. The number of alkyl carbamates (subject to hydrolysis) is 2. The van der Waals surface area contributed by atoms with E-state index in [2.05, 4.69) is 40.5 Å². The van der Waals surface area contributed by atoms with Crippen LogP contribution >= 0.6 is 0 Å². The average Bonchev–Trinajstić information content (AvgIpc) is 4.02. The topological polar surface area (TPSA) is 200 Å². The van der Waals surface area contributed by atoms with Crippen LogP contribution in [0.1, 0.15) is 77.1 Å². The van der Waals surface area contributed by atoms with Crippen LogP contribution in [-0.2, 0) is 19.1 Å². The Bertz CT molecular complexity index is 2010. The number of hydrogen-bond acceptors (Lipinski definition) is 10. The van der Waals surface area contributed by atoms with Crippen molar-refractivity contribution in [1.82, 2.24) is 50.3 Å². The van der Waals surface area contributed by atoms with E-state index >= 15 is 4.39 Å². The van der Waals surface area contributed by atoms with Gasteiger partial charge in [0.15, 0.2) is 11.9 Å². The largest absolute Gasteiger partial charge is 0.453 e. The van der Waals surface area contributed by atoms with Crippen LogP contribution in [0.3, 0.4) is 0 Å². The lowest BCUT2D eigenvalue weighted by Crippen LogP contribution is -2.51. The van der Waals surface area contributed by atoms with Gasteiger partial charge in [-0.1, -0.05) is 33.8 Å². The van der Waals surface area contributed by atoms with Crippen molar-refractivity contribution >= 4 is 24.0 Å². The number of halogens is 1. The number of carbonyl (C=O) groups excluding carboxylic acids is 4. The summed E-state index contributed by atoms with van der Waals surface area (Å²) in [6, 6.07) is 3.31. The highest BCUT2D eigenvalue weighted by molar-refractivity contribution is 5.86. The number of nitrogens with one attached hydrogen (secondary N) is 4. The Morgan fingerprint density at radius 3 is 1.96 bits per heavy atom. The van der Waals surface area contributed by atoms with Gasteiger partial charge in [-0.3, -0.25) is 9.59 Å². The van der Waals surface area contributed by atoms with E-state index in [0.29, 0.717) is 71.5 Å². The minimum atomic E-state index is -0.949. The summed E-state index contributed by atoms with van der Waals surface area (Å²) in [7, 11) is 2.70. The number of rotatable bonds is 11. The van der Waals surface area contributed by atoms with Crippen LogP contribution < -0.4 is 10.6 Å². The van der Waals surface area contributed by atoms with E-state index in [0.717, 1.165) is 12.8 Å². The number of aromatic nitrogens is 6. The number of carbonyl (C=O) groups is 4. The van der Waals surface area contributed by atoms with Gasteiger partial charge in [-0.15, -0.1) is 0 Å². The second-order valence-corrected chi connectivity index (χ2v) is 14.4. The number of aromatic amines is 2. The maximum Gasteiger partial charge on any atom is 0.407 e. The van der Waals surface area contributed by atoms with Crippen molar-refractivity contribution in [3.05, 3.63) is 60.5 Å². The zero-order valence-electron chi connectivity index (χ0n) is 31.8. The predicted octanol–water partition coefficient (Wildman–Crippen LogP) is 5.15. The minimum Gasteiger partial charge on any atom is -0.453 e. The van der Waals surface area contributed by atoms with E-state index in [-0.39, 0.29) is 35.7 Å². The molecule has 0 radical (unpaired) electrons. The first kappa shape index (κ1) is 38.8. The van der Waals surface area contributed by atoms with Crippen molar-refractivity contribution in [2.45, 2.75) is 77.6 Å². The predicted molar refractivity (Wildman–Crippen MR) is 198 cm³/mol. The molecular weight excluding hydrogens is 711 g/mol. The molecule has 2 saturated heterocycles. The molecular formula is C38H47FN10O6. The Morgan fingerprint density at radius 2 is 1.40 bits per heavy atom. The summed E-state index contributed by atoms with van der Waals surface area (Å²) < 4.78 is 25.7. The molecule has 0 unspecified atom stereocenters. The maximum atomic E-state index is 15.6. The molecule has 3 aromatic heterocycles. The lowest BCUT2D eigenvalue weighted by Gasteiger charge is -2.30. The SMILES string of the molecule is CNC(=O)O[C@H](C(=O)N1CCC[C@H]1c1ncc(-c2ccc(-c3ncc(-c4cnc([C@@H]5CCCN5C(=O)[C@@H](NC(=O)OC)C(C)C)[nH]4)cn3)cc2F)[nH]1)C(C)C. The van der Waals surface area contributed by atoms with Gasteiger partial charge in [0.25, 0.3) is 5.91 Å². The molecule has 0 saturated carbocycles. The quantitative estimate of drug-likeness (QED) is 0.159. The molecule has 2 fully saturated rings. The van der Waals surface area contributed by atoms with Crippen molar-refractivity contribution in [2.75, 3.05) is 27.2 Å². The van der Waals surface area contributed by atoms with E-state index in [9.17, 15) is 19.2 Å². The first-order chi connectivity index (χ1) is 26.4. The van der Waals surface area contributed by atoms with Crippen LogP contribution in [0.4, 0.5) is 14.0 Å². The summed E-state index contributed by atoms with van der Waals surface area (Å²) >= 11 is 0. The fraction of sp³-hybridized carbons (Fsp3) is 0.474. The number of H-pyrrole nitrogens is 2. The lowest BCUT2D eigenvalue weighted by atomic mass is 10.0. The Balaban J connectivity index is 1.13. The molecule has 2 aliphatic heterocycles. The highest BCUT2D eigenvalue weighted by atomic mass is 19.1. The number of likely N-dealkylation sites (tertiary alicyclic amines) is 2. The van der Waals surface area contributed by atoms with E-state index in [1.165, 1.54) is 20.2 Å². The number of benzene rings is 1. The Kier molecular flexibility index (Phi) is 11.8. The molecule has 2 aliphatic rings. The monoisotopic (exact) mass is 758 g/mol. The van der Waals surface area contributed by atoms with Crippen molar-refractivity contribution < 1.29 is 33.0 Å². The summed E-state index contributed by atoms with van der Waals surface area (Å²) in [5, 5.41) is 5.05. The number of amides is 4. The average molecular weight is 759 g/mol. The zero-order chi connectivity index (χ0) is 39.4. The standard InChI is InChI=1S/C38H47FN10O6/c1-20(2)30(47-38(53)54-6)35(50)48-13-7-9-28(48)33-43-18-26(45-33)23-16-41-32(42-17-23)22-11-12-24(25(39)15-22)27-19-44-34(46-27)29-10-8-14-49(29)36(51)31(21(3)4)55-37(52)40-5/h11-12,15-21,28-31H,7-10,13-14H2,1-6H3,(H,40,52)(H,43,45)(H,44,46)(H,47,53)/t28-,29-,30-,31-/m0/s1. The highest BCUT2D eigenvalue weighted by Gasteiger charge is 2.39. The van der Waals surface area contributed by atoms with Crippen molar-refractivity contribution in [3.63, 3.8) is 0 Å². The van der Waals surface area contributed by atoms with Crippen LogP contribution in [0.15, 0.2) is 43.0 Å². The van der Waals surface area contributed by atoms with Crippen LogP contribution in [-0.4, -0.2) is 103 Å². The summed E-state index contributed by atoms with van der Waals surface area (Å²) in [6.07, 6.45) is 7.08. The van der Waals surface area contributed by atoms with E-state index in [1.807, 2.05) is 27.7 Å². The molecule has 4 N–H and O–H groups in total. The molecule has 1 aromatic carbocycles. The first-order valence-corrected chi connectivity index (χ1v) is 18.5. The van der Waals surface area contributed by atoms with Crippen LogP contribution in [0.2, 0.25) is 0 Å². The highest BCUT2D eigenvalue weighted by Crippen LogP contribution is 2.35. The third-order valence-electron chi connectivity index (χ3n) is 10.1. The third kappa shape index (κ3) is 8.29. The van der Waals surface area contributed by atoms with Gasteiger partial charge in [-0.05, 0) is 49.7 Å². The van der Waals surface area contributed by atoms with Gasteiger partial charge in [0.05, 0.1) is 43.0 Å². The molecule has 4 aromatic rings. The molecule has 292 valence electrons. The second kappa shape index (κ2) is 16.7. The second-order valence-electron chi connectivity index (χ2n) is 14.4. The Labute approximate surface area is 318 Å². The van der Waals surface area contributed by atoms with Crippen LogP contribution in [0, 0.1) is 17.7 Å². The summed E-state index contributed by atoms with van der Waals surface area (Å²) in [5.74, 6) is 0.0802. The Morgan fingerprint density at radius 1 is 0.800 bits per heavy atom. The summed E-state index contributed by atoms with van der Waals surface area (Å²) in [4.78, 5) is 78.8. The van der Waals surface area contributed by atoms with Gasteiger partial charge in [-0.25, -0.2) is 33.9 Å². The van der Waals surface area contributed by atoms with Crippen LogP contribution in [0.25, 0.3) is 33.9 Å². The molecule has 0 spiro atoms. The van der Waals surface area contributed by atoms with Gasteiger partial charge >= 0.3 is 12.2 Å². The lowest BCUT2D eigenvalue weighted by molar-refractivity contribution is -0.143. The van der Waals surface area contributed by atoms with Gasteiger partial charge in [0.2, 0.25) is 5.91 Å². The van der Waals surface area contributed by atoms with E-state index in [1.54, 1.807) is 46.7 Å². The molecule has 55 heavy (non-hydrogen) atoms. The van der Waals surface area contributed by atoms with E-state index in [4.69, 9.17) is 9.47 Å². The number of ether oxygens (including phenoxy) is 2. The molecule has 0 aliphatic carbocycles.